The normalized spacial score (nSPS) is 16.6. The van der Waals surface area contributed by atoms with Crippen LogP contribution in [0.15, 0.2) is 18.2 Å². The van der Waals surface area contributed by atoms with E-state index in [9.17, 15) is 9.90 Å². The number of carbonyl (C=O) groups is 1. The lowest BCUT2D eigenvalue weighted by atomic mass is 9.95. The lowest BCUT2D eigenvalue weighted by Gasteiger charge is -2.40. The first-order valence-electron chi connectivity index (χ1n) is 7.15. The fraction of sp³-hybridized carbons (Fsp3) is 0.562. The van der Waals surface area contributed by atoms with E-state index in [4.69, 9.17) is 16.7 Å². The number of hydrogen-bond acceptors (Lipinski definition) is 2. The molecule has 5 heteroatoms. The number of hydrogen-bond donors (Lipinski definition) is 2. The van der Waals surface area contributed by atoms with E-state index in [1.54, 1.807) is 0 Å². The van der Waals surface area contributed by atoms with Gasteiger partial charge in [0.05, 0.1) is 5.54 Å². The first-order chi connectivity index (χ1) is 9.72. The number of amides is 1. The Bertz CT molecular complexity index is 547. The Balaban J connectivity index is 2.40. The maximum Gasteiger partial charge on any atom is 0.408 e. The summed E-state index contributed by atoms with van der Waals surface area (Å²) in [6, 6.07) is 5.67. The fourth-order valence-electron chi connectivity index (χ4n) is 3.03. The Kier molecular flexibility index (Phi) is 4.22. The second-order valence-electron chi connectivity index (χ2n) is 6.60. The molecule has 1 amide bonds. The van der Waals surface area contributed by atoms with Gasteiger partial charge in [0.1, 0.15) is 0 Å². The lowest BCUT2D eigenvalue weighted by Crippen LogP contribution is -2.51. The van der Waals surface area contributed by atoms with Crippen LogP contribution < -0.4 is 0 Å². The van der Waals surface area contributed by atoms with Gasteiger partial charge in [-0.2, -0.15) is 0 Å². The van der Waals surface area contributed by atoms with Crippen molar-refractivity contribution in [1.29, 1.82) is 0 Å². The van der Waals surface area contributed by atoms with Crippen LogP contribution in [0.4, 0.5) is 4.79 Å². The summed E-state index contributed by atoms with van der Waals surface area (Å²) in [5.41, 5.74) is 0.882. The summed E-state index contributed by atoms with van der Waals surface area (Å²) in [5.74, 6) is 0. The van der Waals surface area contributed by atoms with E-state index in [0.29, 0.717) is 11.4 Å². The van der Waals surface area contributed by atoms with Crippen molar-refractivity contribution >= 4 is 17.7 Å². The molecule has 0 aromatic heterocycles. The number of carboxylic acid groups (broad SMARTS) is 1. The summed E-state index contributed by atoms with van der Waals surface area (Å²) >= 11 is 6.26. The van der Waals surface area contributed by atoms with E-state index >= 15 is 0 Å². The minimum absolute atomic E-state index is 0.0491. The molecule has 1 fully saturated rings. The van der Waals surface area contributed by atoms with Gasteiger partial charge >= 0.3 is 6.09 Å². The number of aliphatic hydroxyl groups excluding tert-OH is 1. The van der Waals surface area contributed by atoms with Crippen LogP contribution in [0.3, 0.4) is 0 Å². The van der Waals surface area contributed by atoms with Crippen LogP contribution in [0, 0.1) is 0 Å². The van der Waals surface area contributed by atoms with Gasteiger partial charge < -0.3 is 10.2 Å². The topological polar surface area (TPSA) is 60.8 Å². The van der Waals surface area contributed by atoms with Gasteiger partial charge in [-0.3, -0.25) is 4.90 Å². The standard InChI is InChI=1S/C16H22ClNO3/c1-15(2,3)18(14(20)21)16(7-8-16)12-5-4-11(6-9-19)13(17)10-12/h4-5,10,19H,6-9H2,1-3H3,(H,20,21). The third-order valence-corrected chi connectivity index (χ3v) is 4.34. The third kappa shape index (κ3) is 3.01. The van der Waals surface area contributed by atoms with E-state index < -0.39 is 17.2 Å². The number of aliphatic hydroxyl groups is 1. The summed E-state index contributed by atoms with van der Waals surface area (Å²) < 4.78 is 0. The van der Waals surface area contributed by atoms with E-state index in [1.807, 2.05) is 39.0 Å². The number of benzene rings is 1. The van der Waals surface area contributed by atoms with Gasteiger partial charge in [-0.05, 0) is 57.2 Å². The predicted octanol–water partition coefficient (Wildman–Crippen LogP) is 3.64. The van der Waals surface area contributed by atoms with Crippen LogP contribution in [0.5, 0.6) is 0 Å². The molecule has 0 heterocycles. The molecule has 0 spiro atoms. The zero-order valence-electron chi connectivity index (χ0n) is 12.7. The van der Waals surface area contributed by atoms with Gasteiger partial charge in [-0.25, -0.2) is 4.79 Å². The molecule has 0 unspecified atom stereocenters. The average molecular weight is 312 g/mol. The van der Waals surface area contributed by atoms with Crippen molar-refractivity contribution in [2.45, 2.75) is 51.1 Å². The smallest absolute Gasteiger partial charge is 0.408 e. The van der Waals surface area contributed by atoms with Crippen LogP contribution in [-0.2, 0) is 12.0 Å². The fourth-order valence-corrected chi connectivity index (χ4v) is 3.31. The van der Waals surface area contributed by atoms with Crippen LogP contribution >= 0.6 is 11.6 Å². The minimum Gasteiger partial charge on any atom is -0.465 e. The summed E-state index contributed by atoms with van der Waals surface area (Å²) in [4.78, 5) is 13.3. The molecule has 2 rings (SSSR count). The van der Waals surface area contributed by atoms with Gasteiger partial charge in [-0.1, -0.05) is 23.7 Å². The van der Waals surface area contributed by atoms with Crippen molar-refractivity contribution in [2.75, 3.05) is 6.61 Å². The first kappa shape index (κ1) is 16.1. The molecule has 0 saturated heterocycles. The molecule has 1 aliphatic rings. The molecule has 1 aliphatic carbocycles. The first-order valence-corrected chi connectivity index (χ1v) is 7.53. The van der Waals surface area contributed by atoms with Crippen molar-refractivity contribution in [3.8, 4) is 0 Å². The van der Waals surface area contributed by atoms with Crippen molar-refractivity contribution in [2.24, 2.45) is 0 Å². The Morgan fingerprint density at radius 1 is 1.38 bits per heavy atom. The van der Waals surface area contributed by atoms with E-state index in [1.165, 1.54) is 4.90 Å². The number of nitrogens with zero attached hydrogens (tertiary/aromatic N) is 1. The zero-order chi connectivity index (χ0) is 15.8. The van der Waals surface area contributed by atoms with Crippen molar-refractivity contribution < 1.29 is 15.0 Å². The van der Waals surface area contributed by atoms with Gasteiger partial charge in [0.15, 0.2) is 0 Å². The Morgan fingerprint density at radius 3 is 2.38 bits per heavy atom. The summed E-state index contributed by atoms with van der Waals surface area (Å²) in [7, 11) is 0. The molecular weight excluding hydrogens is 290 g/mol. The summed E-state index contributed by atoms with van der Waals surface area (Å²) in [6.07, 6.45) is 1.22. The highest BCUT2D eigenvalue weighted by molar-refractivity contribution is 6.31. The number of halogens is 1. The van der Waals surface area contributed by atoms with E-state index in [-0.39, 0.29) is 6.61 Å². The monoisotopic (exact) mass is 311 g/mol. The van der Waals surface area contributed by atoms with Crippen molar-refractivity contribution in [3.63, 3.8) is 0 Å². The van der Waals surface area contributed by atoms with Crippen LogP contribution in [-0.4, -0.2) is 33.4 Å². The Morgan fingerprint density at radius 2 is 2.00 bits per heavy atom. The molecule has 0 aliphatic heterocycles. The third-order valence-electron chi connectivity index (χ3n) is 3.99. The predicted molar refractivity (Wildman–Crippen MR) is 82.8 cm³/mol. The number of rotatable bonds is 4. The highest BCUT2D eigenvalue weighted by atomic mass is 35.5. The van der Waals surface area contributed by atoms with Gasteiger partial charge in [0.2, 0.25) is 0 Å². The van der Waals surface area contributed by atoms with Crippen LogP contribution in [0.25, 0.3) is 0 Å². The lowest BCUT2D eigenvalue weighted by molar-refractivity contribution is 0.0595. The molecule has 4 nitrogen and oxygen atoms in total. The van der Waals surface area contributed by atoms with Crippen molar-refractivity contribution in [1.82, 2.24) is 4.90 Å². The SMILES string of the molecule is CC(C)(C)N(C(=O)O)C1(c2ccc(CCO)c(Cl)c2)CC1. The zero-order valence-corrected chi connectivity index (χ0v) is 13.4. The minimum atomic E-state index is -0.907. The van der Waals surface area contributed by atoms with Crippen LogP contribution in [0.1, 0.15) is 44.7 Å². The molecule has 21 heavy (non-hydrogen) atoms. The molecule has 0 atom stereocenters. The molecule has 1 aromatic rings. The maximum atomic E-state index is 11.7. The Hall–Kier alpha value is -1.26. The van der Waals surface area contributed by atoms with Gasteiger partial charge in [-0.15, -0.1) is 0 Å². The molecular formula is C16H22ClNO3. The molecule has 2 N–H and O–H groups in total. The second-order valence-corrected chi connectivity index (χ2v) is 7.01. The average Bonchev–Trinajstić information content (AvgIpc) is 3.11. The van der Waals surface area contributed by atoms with Gasteiger partial charge in [0, 0.05) is 17.2 Å². The molecule has 1 aromatic carbocycles. The summed E-state index contributed by atoms with van der Waals surface area (Å²) in [5, 5.41) is 19.2. The highest BCUT2D eigenvalue weighted by Gasteiger charge is 2.55. The Labute approximate surface area is 130 Å². The molecule has 116 valence electrons. The highest BCUT2D eigenvalue weighted by Crippen LogP contribution is 2.54. The van der Waals surface area contributed by atoms with Gasteiger partial charge in [0.25, 0.3) is 0 Å². The molecule has 0 radical (unpaired) electrons. The quantitative estimate of drug-likeness (QED) is 0.892. The maximum absolute atomic E-state index is 11.7. The molecule has 0 bridgehead atoms. The van der Waals surface area contributed by atoms with E-state index in [2.05, 4.69) is 0 Å². The summed E-state index contributed by atoms with van der Waals surface area (Å²) in [6.45, 7) is 5.77. The molecule has 1 saturated carbocycles. The second kappa shape index (κ2) is 5.50. The largest absolute Gasteiger partial charge is 0.465 e. The van der Waals surface area contributed by atoms with E-state index in [0.717, 1.165) is 24.0 Å². The van der Waals surface area contributed by atoms with Crippen LogP contribution in [0.2, 0.25) is 5.02 Å². The van der Waals surface area contributed by atoms with Crippen molar-refractivity contribution in [3.05, 3.63) is 34.3 Å².